The van der Waals surface area contributed by atoms with Crippen molar-refractivity contribution in [2.45, 2.75) is 50.4 Å². The van der Waals surface area contributed by atoms with E-state index in [0.29, 0.717) is 23.4 Å². The Bertz CT molecular complexity index is 883. The van der Waals surface area contributed by atoms with Crippen LogP contribution in [-0.2, 0) is 15.1 Å². The number of allylic oxidation sites excluding steroid dienone is 1. The number of aliphatic hydroxyl groups is 3. The zero-order valence-electron chi connectivity index (χ0n) is 14.4. The predicted octanol–water partition coefficient (Wildman–Crippen LogP) is -0.441. The predicted molar refractivity (Wildman–Crippen MR) is 89.6 cm³/mol. The molecule has 0 bridgehead atoms. The van der Waals surface area contributed by atoms with E-state index in [2.05, 4.69) is 15.0 Å². The lowest BCUT2D eigenvalue weighted by molar-refractivity contribution is -0.0600. The highest BCUT2D eigenvalue weighted by atomic mass is 16.6. The molecule has 0 saturated carbocycles. The lowest BCUT2D eigenvalue weighted by Gasteiger charge is -2.28. The number of rotatable bonds is 3. The first-order chi connectivity index (χ1) is 12.4. The maximum Gasteiger partial charge on any atom is 0.167 e. The molecule has 10 heteroatoms. The molecule has 1 saturated heterocycles. The fourth-order valence-electron chi connectivity index (χ4n) is 3.55. The van der Waals surface area contributed by atoms with Crippen LogP contribution < -0.4 is 5.73 Å². The molecule has 1 fully saturated rings. The summed E-state index contributed by atoms with van der Waals surface area (Å²) in [5, 5.41) is 30.0. The van der Waals surface area contributed by atoms with Crippen molar-refractivity contribution in [1.29, 1.82) is 0 Å². The zero-order valence-corrected chi connectivity index (χ0v) is 14.4. The van der Waals surface area contributed by atoms with Crippen LogP contribution >= 0.6 is 0 Å². The molecule has 0 spiro atoms. The molecule has 2 aliphatic heterocycles. The summed E-state index contributed by atoms with van der Waals surface area (Å²) in [5.74, 6) is 1.39. The third kappa shape index (κ3) is 2.37. The van der Waals surface area contributed by atoms with Gasteiger partial charge < -0.3 is 30.5 Å². The average molecular weight is 363 g/mol. The highest BCUT2D eigenvalue weighted by Gasteiger charge is 2.48. The van der Waals surface area contributed by atoms with E-state index in [4.69, 9.17) is 15.2 Å². The van der Waals surface area contributed by atoms with Gasteiger partial charge in [0.1, 0.15) is 24.6 Å². The van der Waals surface area contributed by atoms with Crippen molar-refractivity contribution in [3.8, 4) is 0 Å². The van der Waals surface area contributed by atoms with Crippen molar-refractivity contribution >= 4 is 17.0 Å². The molecule has 2 aromatic heterocycles. The van der Waals surface area contributed by atoms with Crippen LogP contribution in [0.2, 0.25) is 0 Å². The molecule has 26 heavy (non-hydrogen) atoms. The molecule has 0 amide bonds. The third-order valence-electron chi connectivity index (χ3n) is 4.92. The number of nitrogen functional groups attached to an aromatic ring is 1. The Morgan fingerprint density at radius 1 is 1.35 bits per heavy atom. The van der Waals surface area contributed by atoms with E-state index in [1.807, 2.05) is 19.9 Å². The van der Waals surface area contributed by atoms with Gasteiger partial charge in [-0.05, 0) is 19.9 Å². The first kappa shape index (κ1) is 17.2. The number of nitrogens with two attached hydrogens (primary N) is 1. The number of ether oxygens (including phenoxy) is 2. The van der Waals surface area contributed by atoms with Gasteiger partial charge in [-0.15, -0.1) is 0 Å². The lowest BCUT2D eigenvalue weighted by atomic mass is 10.0. The molecule has 0 aliphatic carbocycles. The van der Waals surface area contributed by atoms with E-state index in [-0.39, 0.29) is 5.82 Å². The Morgan fingerprint density at radius 2 is 2.12 bits per heavy atom. The van der Waals surface area contributed by atoms with E-state index < -0.39 is 36.7 Å². The number of hydrogen-bond donors (Lipinski definition) is 4. The summed E-state index contributed by atoms with van der Waals surface area (Å²) in [5.41, 5.74) is 5.85. The number of aliphatic hydroxyl groups excluding tert-OH is 3. The normalized spacial score (nSPS) is 34.3. The van der Waals surface area contributed by atoms with Crippen LogP contribution in [0.3, 0.4) is 0 Å². The fraction of sp³-hybridized carbons (Fsp3) is 0.562. The third-order valence-corrected chi connectivity index (χ3v) is 4.92. The molecule has 0 radical (unpaired) electrons. The van der Waals surface area contributed by atoms with Gasteiger partial charge in [-0.1, -0.05) is 0 Å². The molecule has 10 nitrogen and oxygen atoms in total. The summed E-state index contributed by atoms with van der Waals surface area (Å²) in [6, 6.07) is 0. The van der Waals surface area contributed by atoms with Crippen LogP contribution in [0.5, 0.6) is 0 Å². The molecule has 2 aromatic rings. The molecule has 0 aromatic carbocycles. The smallest absolute Gasteiger partial charge is 0.167 e. The van der Waals surface area contributed by atoms with Crippen molar-refractivity contribution in [2.75, 3.05) is 12.3 Å². The van der Waals surface area contributed by atoms with Crippen molar-refractivity contribution in [3.63, 3.8) is 0 Å². The average Bonchev–Trinajstić information content (AvgIpc) is 3.25. The van der Waals surface area contributed by atoms with Gasteiger partial charge in [0.25, 0.3) is 0 Å². The Kier molecular flexibility index (Phi) is 3.88. The van der Waals surface area contributed by atoms with E-state index in [1.54, 1.807) is 4.57 Å². The maximum absolute atomic E-state index is 10.5. The monoisotopic (exact) mass is 363 g/mol. The summed E-state index contributed by atoms with van der Waals surface area (Å²) in [6.07, 6.45) is -0.651. The highest BCUT2D eigenvalue weighted by Crippen LogP contribution is 2.42. The molecule has 140 valence electrons. The van der Waals surface area contributed by atoms with E-state index in [0.717, 1.165) is 5.76 Å². The van der Waals surface area contributed by atoms with Crippen LogP contribution in [-0.4, -0.2) is 59.8 Å². The van der Waals surface area contributed by atoms with Crippen molar-refractivity contribution < 1.29 is 24.8 Å². The minimum atomic E-state index is -1.28. The lowest BCUT2D eigenvalue weighted by Crippen LogP contribution is -2.34. The standard InChI is InChI=1S/C16H21N5O5/c1-7-3-4-16(2,26-7)15-20-9-12(17)18-6-19-13(9)21(15)14-11(24)10(23)8(5-22)25-14/h3,6,8,10-11,14,22-24H,4-5H2,1-2H3,(H2,17,18,19)/t8-,10-,11-,14-,16?/m1/s1. The van der Waals surface area contributed by atoms with Crippen LogP contribution in [0.1, 0.15) is 32.3 Å². The summed E-state index contributed by atoms with van der Waals surface area (Å²) < 4.78 is 13.2. The number of anilines is 1. The first-order valence-corrected chi connectivity index (χ1v) is 8.33. The van der Waals surface area contributed by atoms with E-state index in [9.17, 15) is 15.3 Å². The first-order valence-electron chi connectivity index (χ1n) is 8.33. The van der Waals surface area contributed by atoms with Crippen molar-refractivity contribution in [2.24, 2.45) is 0 Å². The van der Waals surface area contributed by atoms with Crippen LogP contribution in [0.25, 0.3) is 11.2 Å². The van der Waals surface area contributed by atoms with Gasteiger partial charge >= 0.3 is 0 Å². The van der Waals surface area contributed by atoms with Gasteiger partial charge in [-0.3, -0.25) is 4.57 Å². The van der Waals surface area contributed by atoms with Crippen molar-refractivity contribution in [1.82, 2.24) is 19.5 Å². The Labute approximate surface area is 148 Å². The van der Waals surface area contributed by atoms with Gasteiger partial charge in [0.15, 0.2) is 34.6 Å². The zero-order chi connectivity index (χ0) is 18.6. The molecule has 2 aliphatic rings. The number of nitrogens with zero attached hydrogens (tertiary/aromatic N) is 4. The van der Waals surface area contributed by atoms with Gasteiger partial charge in [-0.25, -0.2) is 15.0 Å². The summed E-state index contributed by atoms with van der Waals surface area (Å²) >= 11 is 0. The molecule has 4 rings (SSSR count). The van der Waals surface area contributed by atoms with Crippen LogP contribution in [0, 0.1) is 0 Å². The molecule has 1 unspecified atom stereocenters. The van der Waals surface area contributed by atoms with Gasteiger partial charge in [-0.2, -0.15) is 0 Å². The van der Waals surface area contributed by atoms with Crippen LogP contribution in [0.4, 0.5) is 5.82 Å². The summed E-state index contributed by atoms with van der Waals surface area (Å²) in [7, 11) is 0. The van der Waals surface area contributed by atoms with E-state index in [1.165, 1.54) is 6.33 Å². The van der Waals surface area contributed by atoms with E-state index >= 15 is 0 Å². The maximum atomic E-state index is 10.5. The van der Waals surface area contributed by atoms with Crippen molar-refractivity contribution in [3.05, 3.63) is 24.0 Å². The second kappa shape index (κ2) is 5.88. The Hall–Kier alpha value is -2.27. The van der Waals surface area contributed by atoms with Crippen LogP contribution in [0.15, 0.2) is 18.2 Å². The highest BCUT2D eigenvalue weighted by molar-refractivity contribution is 5.82. The summed E-state index contributed by atoms with van der Waals surface area (Å²) in [6.45, 7) is 3.28. The second-order valence-electron chi connectivity index (χ2n) is 6.82. The van der Waals surface area contributed by atoms with Gasteiger partial charge in [0.2, 0.25) is 0 Å². The molecule has 5 N–H and O–H groups in total. The Morgan fingerprint density at radius 3 is 2.73 bits per heavy atom. The topological polar surface area (TPSA) is 149 Å². The molecule has 4 heterocycles. The number of hydrogen-bond acceptors (Lipinski definition) is 9. The summed E-state index contributed by atoms with van der Waals surface area (Å²) in [4.78, 5) is 12.8. The number of fused-ring (bicyclic) bond motifs is 1. The minimum absolute atomic E-state index is 0.188. The minimum Gasteiger partial charge on any atom is -0.484 e. The van der Waals surface area contributed by atoms with Gasteiger partial charge in [0, 0.05) is 6.42 Å². The largest absolute Gasteiger partial charge is 0.484 e. The quantitative estimate of drug-likeness (QED) is 0.569. The molecular weight excluding hydrogens is 342 g/mol. The fourth-order valence-corrected chi connectivity index (χ4v) is 3.55. The number of imidazole rings is 1. The SMILES string of the molecule is CC1=CCC(C)(c2nc3c(N)ncnc3n2[C@@H]2O[C@H](CO)[C@@H](O)[C@H]2O)O1. The Balaban J connectivity index is 1.90. The van der Waals surface area contributed by atoms with Gasteiger partial charge in [0.05, 0.1) is 12.4 Å². The second-order valence-corrected chi connectivity index (χ2v) is 6.82. The number of aromatic nitrogens is 4. The molecular formula is C16H21N5O5. The molecule has 5 atom stereocenters.